The van der Waals surface area contributed by atoms with E-state index >= 15 is 0 Å². The topological polar surface area (TPSA) is 34.1 Å². The molecule has 0 saturated carbocycles. The van der Waals surface area contributed by atoms with Crippen molar-refractivity contribution in [2.75, 3.05) is 12.4 Å². The lowest BCUT2D eigenvalue weighted by molar-refractivity contribution is 0.416. The Morgan fingerprint density at radius 2 is 1.95 bits per heavy atom. The van der Waals surface area contributed by atoms with Crippen LogP contribution in [0.2, 0.25) is 5.02 Å². The first kappa shape index (κ1) is 13.7. The van der Waals surface area contributed by atoms with Crippen LogP contribution >= 0.6 is 11.6 Å². The summed E-state index contributed by atoms with van der Waals surface area (Å²) in [6.45, 7) is 4.07. The van der Waals surface area contributed by atoms with Gasteiger partial charge in [-0.2, -0.15) is 0 Å². The van der Waals surface area contributed by atoms with Crippen LogP contribution in [0.5, 0.6) is 5.75 Å². The third kappa shape index (κ3) is 3.18. The molecule has 2 rings (SSSR count). The van der Waals surface area contributed by atoms with Crippen molar-refractivity contribution in [3.8, 4) is 5.75 Å². The van der Waals surface area contributed by atoms with Crippen LogP contribution in [0, 0.1) is 6.92 Å². The molecular weight excluding hydrogens is 260 g/mol. The van der Waals surface area contributed by atoms with E-state index in [0.29, 0.717) is 5.02 Å². The molecule has 1 unspecified atom stereocenters. The van der Waals surface area contributed by atoms with Crippen molar-refractivity contribution in [1.82, 2.24) is 4.98 Å². The minimum absolute atomic E-state index is 0.164. The Morgan fingerprint density at radius 1 is 1.26 bits per heavy atom. The Balaban J connectivity index is 2.26. The van der Waals surface area contributed by atoms with Gasteiger partial charge in [0.1, 0.15) is 5.75 Å². The predicted octanol–water partition coefficient (Wildman–Crippen LogP) is 4.23. The largest absolute Gasteiger partial charge is 0.495 e. The maximum absolute atomic E-state index is 6.10. The van der Waals surface area contributed by atoms with E-state index in [2.05, 4.69) is 17.2 Å². The van der Waals surface area contributed by atoms with Gasteiger partial charge in [-0.1, -0.05) is 11.6 Å². The maximum Gasteiger partial charge on any atom is 0.143 e. The van der Waals surface area contributed by atoms with E-state index in [1.807, 2.05) is 31.2 Å². The van der Waals surface area contributed by atoms with Gasteiger partial charge in [0.25, 0.3) is 0 Å². The lowest BCUT2D eigenvalue weighted by Gasteiger charge is -2.18. The molecule has 0 radical (unpaired) electrons. The Hall–Kier alpha value is -1.74. The van der Waals surface area contributed by atoms with E-state index in [1.54, 1.807) is 19.5 Å². The maximum atomic E-state index is 6.10. The molecule has 19 heavy (non-hydrogen) atoms. The Bertz CT molecular complexity index is 558. The summed E-state index contributed by atoms with van der Waals surface area (Å²) in [6, 6.07) is 7.98. The Kier molecular flexibility index (Phi) is 4.27. The van der Waals surface area contributed by atoms with Crippen LogP contribution in [-0.2, 0) is 0 Å². The summed E-state index contributed by atoms with van der Waals surface area (Å²) in [7, 11) is 1.64. The van der Waals surface area contributed by atoms with E-state index in [9.17, 15) is 0 Å². The van der Waals surface area contributed by atoms with Crippen molar-refractivity contribution in [3.63, 3.8) is 0 Å². The second kappa shape index (κ2) is 5.93. The molecule has 2 aromatic rings. The molecule has 0 bridgehead atoms. The summed E-state index contributed by atoms with van der Waals surface area (Å²) in [5.74, 6) is 0.747. The molecule has 0 spiro atoms. The highest BCUT2D eigenvalue weighted by atomic mass is 35.5. The highest BCUT2D eigenvalue weighted by Gasteiger charge is 2.11. The van der Waals surface area contributed by atoms with Crippen LogP contribution in [0.3, 0.4) is 0 Å². The van der Waals surface area contributed by atoms with Gasteiger partial charge in [0.2, 0.25) is 0 Å². The second-order valence-electron chi connectivity index (χ2n) is 4.45. The van der Waals surface area contributed by atoms with Gasteiger partial charge in [-0.05, 0) is 43.2 Å². The summed E-state index contributed by atoms with van der Waals surface area (Å²) in [5, 5.41) is 4.14. The number of hydrogen-bond acceptors (Lipinski definition) is 3. The number of nitrogens with one attached hydrogen (secondary N) is 1. The number of aryl methyl sites for hydroxylation is 1. The molecule has 4 heteroatoms. The van der Waals surface area contributed by atoms with Gasteiger partial charge < -0.3 is 10.1 Å². The van der Waals surface area contributed by atoms with Gasteiger partial charge >= 0.3 is 0 Å². The van der Waals surface area contributed by atoms with Gasteiger partial charge in [0.15, 0.2) is 0 Å². The summed E-state index contributed by atoms with van der Waals surface area (Å²) in [4.78, 5) is 4.02. The summed E-state index contributed by atoms with van der Waals surface area (Å²) in [6.07, 6.45) is 3.58. The van der Waals surface area contributed by atoms with Crippen LogP contribution in [0.15, 0.2) is 36.7 Å². The number of ether oxygens (including phenoxy) is 1. The molecular formula is C15H17ClN2O. The third-order valence-electron chi connectivity index (χ3n) is 3.06. The van der Waals surface area contributed by atoms with Crippen molar-refractivity contribution < 1.29 is 4.74 Å². The molecule has 0 aliphatic rings. The lowest BCUT2D eigenvalue weighted by atomic mass is 10.1. The van der Waals surface area contributed by atoms with Crippen molar-refractivity contribution in [1.29, 1.82) is 0 Å². The average molecular weight is 277 g/mol. The van der Waals surface area contributed by atoms with E-state index in [1.165, 1.54) is 5.56 Å². The number of anilines is 1. The first-order chi connectivity index (χ1) is 9.11. The van der Waals surface area contributed by atoms with Gasteiger partial charge in [-0.3, -0.25) is 4.98 Å². The highest BCUT2D eigenvalue weighted by Crippen LogP contribution is 2.33. The summed E-state index contributed by atoms with van der Waals surface area (Å²) >= 11 is 6.10. The number of pyridine rings is 1. The number of aromatic nitrogens is 1. The zero-order valence-electron chi connectivity index (χ0n) is 11.3. The minimum atomic E-state index is 0.164. The van der Waals surface area contributed by atoms with Crippen LogP contribution in [0.1, 0.15) is 24.1 Å². The number of rotatable bonds is 4. The molecule has 100 valence electrons. The van der Waals surface area contributed by atoms with E-state index in [0.717, 1.165) is 17.0 Å². The van der Waals surface area contributed by atoms with E-state index < -0.39 is 0 Å². The van der Waals surface area contributed by atoms with Crippen molar-refractivity contribution in [2.24, 2.45) is 0 Å². The molecule has 0 fully saturated rings. The average Bonchev–Trinajstić information content (AvgIpc) is 2.43. The van der Waals surface area contributed by atoms with Crippen molar-refractivity contribution in [2.45, 2.75) is 19.9 Å². The molecule has 0 aliphatic heterocycles. The summed E-state index contributed by atoms with van der Waals surface area (Å²) in [5.41, 5.74) is 3.13. The molecule has 1 heterocycles. The fourth-order valence-corrected chi connectivity index (χ4v) is 2.07. The lowest BCUT2D eigenvalue weighted by Crippen LogP contribution is -2.08. The highest BCUT2D eigenvalue weighted by molar-refractivity contribution is 6.31. The van der Waals surface area contributed by atoms with Gasteiger partial charge in [-0.25, -0.2) is 0 Å². The minimum Gasteiger partial charge on any atom is -0.495 e. The molecule has 0 amide bonds. The molecule has 1 aromatic heterocycles. The number of halogens is 1. The predicted molar refractivity (Wildman–Crippen MR) is 79.0 cm³/mol. The molecule has 1 aromatic carbocycles. The Morgan fingerprint density at radius 3 is 2.58 bits per heavy atom. The Labute approximate surface area is 118 Å². The molecule has 1 atom stereocenters. The van der Waals surface area contributed by atoms with Gasteiger partial charge in [-0.15, -0.1) is 0 Å². The first-order valence-electron chi connectivity index (χ1n) is 6.12. The van der Waals surface area contributed by atoms with Gasteiger partial charge in [0, 0.05) is 29.5 Å². The van der Waals surface area contributed by atoms with E-state index in [-0.39, 0.29) is 6.04 Å². The van der Waals surface area contributed by atoms with Crippen molar-refractivity contribution in [3.05, 3.63) is 52.8 Å². The van der Waals surface area contributed by atoms with E-state index in [4.69, 9.17) is 16.3 Å². The molecule has 3 nitrogen and oxygen atoms in total. The number of nitrogens with zero attached hydrogens (tertiary/aromatic N) is 1. The monoisotopic (exact) mass is 276 g/mol. The SMILES string of the molecule is COc1cc(Cl)c(C)cc1NC(C)c1ccncc1. The first-order valence-corrected chi connectivity index (χ1v) is 6.50. The van der Waals surface area contributed by atoms with Crippen LogP contribution < -0.4 is 10.1 Å². The smallest absolute Gasteiger partial charge is 0.143 e. The van der Waals surface area contributed by atoms with Crippen LogP contribution in [-0.4, -0.2) is 12.1 Å². The van der Waals surface area contributed by atoms with Crippen LogP contribution in [0.25, 0.3) is 0 Å². The zero-order valence-corrected chi connectivity index (χ0v) is 12.0. The normalized spacial score (nSPS) is 12.0. The fraction of sp³-hybridized carbons (Fsp3) is 0.267. The number of hydrogen-bond donors (Lipinski definition) is 1. The molecule has 0 aliphatic carbocycles. The van der Waals surface area contributed by atoms with Gasteiger partial charge in [0.05, 0.1) is 12.8 Å². The summed E-state index contributed by atoms with van der Waals surface area (Å²) < 4.78 is 5.36. The third-order valence-corrected chi connectivity index (χ3v) is 3.47. The fourth-order valence-electron chi connectivity index (χ4n) is 1.91. The zero-order chi connectivity index (χ0) is 13.8. The molecule has 1 N–H and O–H groups in total. The number of methoxy groups -OCH3 is 1. The standard InChI is InChI=1S/C15H17ClN2O/c1-10-8-14(15(19-3)9-13(10)16)18-11(2)12-4-6-17-7-5-12/h4-9,11,18H,1-3H3. The quantitative estimate of drug-likeness (QED) is 0.908. The molecule has 0 saturated heterocycles. The number of benzene rings is 1. The van der Waals surface area contributed by atoms with Crippen LogP contribution in [0.4, 0.5) is 5.69 Å². The second-order valence-corrected chi connectivity index (χ2v) is 4.86. The van der Waals surface area contributed by atoms with Crippen molar-refractivity contribution >= 4 is 17.3 Å².